The molecule has 2 atom stereocenters. The van der Waals surface area contributed by atoms with Crippen molar-refractivity contribution >= 4 is 5.96 Å². The van der Waals surface area contributed by atoms with Crippen LogP contribution in [0.25, 0.3) is 0 Å². The van der Waals surface area contributed by atoms with Gasteiger partial charge in [-0.2, -0.15) is 0 Å². The highest BCUT2D eigenvalue weighted by Crippen LogP contribution is 2.19. The quantitative estimate of drug-likeness (QED) is 0.408. The molecule has 0 amide bonds. The molecule has 2 fully saturated rings. The molecule has 2 saturated heterocycles. The summed E-state index contributed by atoms with van der Waals surface area (Å²) in [6.45, 7) is 12.4. The van der Waals surface area contributed by atoms with E-state index in [2.05, 4.69) is 34.0 Å². The monoisotopic (exact) mass is 354 g/mol. The second-order valence-corrected chi connectivity index (χ2v) is 7.69. The van der Waals surface area contributed by atoms with E-state index in [-0.39, 0.29) is 0 Å². The molecule has 2 aliphatic rings. The van der Waals surface area contributed by atoms with Gasteiger partial charge in [0.15, 0.2) is 5.96 Å². The van der Waals surface area contributed by atoms with Crippen molar-refractivity contribution in [2.75, 3.05) is 66.7 Å². The van der Waals surface area contributed by atoms with Crippen molar-refractivity contribution in [3.63, 3.8) is 0 Å². The first-order valence-corrected chi connectivity index (χ1v) is 9.90. The topological polar surface area (TPSA) is 49.3 Å². The number of aliphatic imine (C=N–C) groups is 1. The lowest BCUT2D eigenvalue weighted by Gasteiger charge is -2.36. The van der Waals surface area contributed by atoms with Crippen molar-refractivity contribution < 1.29 is 9.47 Å². The van der Waals surface area contributed by atoms with Gasteiger partial charge in [0, 0.05) is 52.3 Å². The first kappa shape index (κ1) is 20.5. The zero-order chi connectivity index (χ0) is 18.1. The van der Waals surface area contributed by atoms with Crippen LogP contribution in [-0.4, -0.2) is 88.5 Å². The van der Waals surface area contributed by atoms with Gasteiger partial charge >= 0.3 is 0 Å². The zero-order valence-electron chi connectivity index (χ0n) is 16.7. The molecule has 1 N–H and O–H groups in total. The third-order valence-electron chi connectivity index (χ3n) is 5.41. The maximum absolute atomic E-state index is 5.69. The lowest BCUT2D eigenvalue weighted by Crippen LogP contribution is -2.46. The lowest BCUT2D eigenvalue weighted by atomic mass is 9.97. The zero-order valence-corrected chi connectivity index (χ0v) is 16.7. The summed E-state index contributed by atoms with van der Waals surface area (Å²) in [5, 5.41) is 3.63. The van der Waals surface area contributed by atoms with Crippen LogP contribution >= 0.6 is 0 Å². The maximum Gasteiger partial charge on any atom is 0.193 e. The Bertz CT molecular complexity index is 403. The minimum Gasteiger partial charge on any atom is -0.382 e. The van der Waals surface area contributed by atoms with Crippen LogP contribution in [0.5, 0.6) is 0 Å². The molecule has 0 aromatic heterocycles. The number of guanidine groups is 1. The number of piperidine rings is 1. The van der Waals surface area contributed by atoms with E-state index in [1.165, 1.54) is 32.4 Å². The van der Waals surface area contributed by atoms with Crippen LogP contribution in [-0.2, 0) is 9.47 Å². The number of nitrogens with one attached hydrogen (secondary N) is 1. The largest absolute Gasteiger partial charge is 0.382 e. The van der Waals surface area contributed by atoms with Crippen molar-refractivity contribution in [3.05, 3.63) is 0 Å². The predicted octanol–water partition coefficient (Wildman–Crippen LogP) is 1.67. The van der Waals surface area contributed by atoms with Crippen molar-refractivity contribution in [3.8, 4) is 0 Å². The number of methoxy groups -OCH3 is 1. The van der Waals surface area contributed by atoms with Gasteiger partial charge in [0.2, 0.25) is 0 Å². The molecule has 146 valence electrons. The van der Waals surface area contributed by atoms with Gasteiger partial charge in [-0.1, -0.05) is 0 Å². The molecule has 0 aromatic carbocycles. The fraction of sp³-hybridized carbons (Fsp3) is 0.947. The summed E-state index contributed by atoms with van der Waals surface area (Å²) >= 11 is 0. The smallest absolute Gasteiger partial charge is 0.193 e. The number of nitrogens with zero attached hydrogens (tertiary/aromatic N) is 3. The van der Waals surface area contributed by atoms with Gasteiger partial charge in [0.1, 0.15) is 0 Å². The number of ether oxygens (including phenoxy) is 2. The molecule has 2 unspecified atom stereocenters. The van der Waals surface area contributed by atoms with Crippen molar-refractivity contribution in [2.45, 2.75) is 39.2 Å². The van der Waals surface area contributed by atoms with E-state index in [0.717, 1.165) is 38.1 Å². The Labute approximate surface area is 153 Å². The average molecular weight is 355 g/mol. The Morgan fingerprint density at radius 1 is 1.16 bits per heavy atom. The fourth-order valence-corrected chi connectivity index (χ4v) is 3.85. The normalized spacial score (nSPS) is 25.8. The number of hydrogen-bond acceptors (Lipinski definition) is 4. The number of rotatable bonds is 8. The van der Waals surface area contributed by atoms with Crippen LogP contribution < -0.4 is 5.32 Å². The van der Waals surface area contributed by atoms with Gasteiger partial charge in [0.05, 0.1) is 19.8 Å². The van der Waals surface area contributed by atoms with E-state index in [1.807, 2.05) is 7.05 Å². The minimum absolute atomic E-state index is 0.599. The van der Waals surface area contributed by atoms with Crippen LogP contribution in [0.2, 0.25) is 0 Å². The molecule has 2 rings (SSSR count). The summed E-state index contributed by atoms with van der Waals surface area (Å²) < 4.78 is 10.7. The van der Waals surface area contributed by atoms with E-state index in [4.69, 9.17) is 9.47 Å². The second-order valence-electron chi connectivity index (χ2n) is 7.69. The van der Waals surface area contributed by atoms with Gasteiger partial charge in [-0.05, 0) is 45.6 Å². The van der Waals surface area contributed by atoms with Gasteiger partial charge < -0.3 is 24.6 Å². The SMILES string of the molecule is CN=C(NCC1CCCN(C(C)C)C1)N1CCC(COCCOC)C1. The molecule has 0 aliphatic carbocycles. The van der Waals surface area contributed by atoms with Gasteiger partial charge in [-0.3, -0.25) is 4.99 Å². The van der Waals surface area contributed by atoms with E-state index >= 15 is 0 Å². The van der Waals surface area contributed by atoms with Crippen LogP contribution in [0.4, 0.5) is 0 Å². The summed E-state index contributed by atoms with van der Waals surface area (Å²) in [5.41, 5.74) is 0. The summed E-state index contributed by atoms with van der Waals surface area (Å²) in [6, 6.07) is 0.652. The standard InChI is InChI=1S/C19H38N4O2/c1-16(2)22-8-5-6-17(13-22)12-21-19(20-3)23-9-7-18(14-23)15-25-11-10-24-4/h16-18H,5-15H2,1-4H3,(H,20,21). The first-order valence-electron chi connectivity index (χ1n) is 9.90. The molecular weight excluding hydrogens is 316 g/mol. The van der Waals surface area contributed by atoms with Crippen LogP contribution in [0.3, 0.4) is 0 Å². The average Bonchev–Trinajstić information content (AvgIpc) is 3.08. The highest BCUT2D eigenvalue weighted by molar-refractivity contribution is 5.80. The van der Waals surface area contributed by atoms with Crippen molar-refractivity contribution in [2.24, 2.45) is 16.8 Å². The fourth-order valence-electron chi connectivity index (χ4n) is 3.85. The molecular formula is C19H38N4O2. The predicted molar refractivity (Wildman–Crippen MR) is 103 cm³/mol. The number of hydrogen-bond donors (Lipinski definition) is 1. The maximum atomic E-state index is 5.69. The lowest BCUT2D eigenvalue weighted by molar-refractivity contribution is 0.0536. The Hall–Kier alpha value is -0.850. The molecule has 6 nitrogen and oxygen atoms in total. The van der Waals surface area contributed by atoms with Crippen LogP contribution in [0, 0.1) is 11.8 Å². The van der Waals surface area contributed by atoms with Crippen LogP contribution in [0.1, 0.15) is 33.1 Å². The summed E-state index contributed by atoms with van der Waals surface area (Å²) in [7, 11) is 3.61. The number of likely N-dealkylation sites (tertiary alicyclic amines) is 2. The third kappa shape index (κ3) is 6.76. The molecule has 0 saturated carbocycles. The second kappa shape index (κ2) is 11.0. The first-order chi connectivity index (χ1) is 12.1. The van der Waals surface area contributed by atoms with Gasteiger partial charge in [-0.25, -0.2) is 0 Å². The highest BCUT2D eigenvalue weighted by atomic mass is 16.5. The summed E-state index contributed by atoms with van der Waals surface area (Å²) in [6.07, 6.45) is 3.81. The third-order valence-corrected chi connectivity index (χ3v) is 5.41. The molecule has 6 heteroatoms. The van der Waals surface area contributed by atoms with E-state index < -0.39 is 0 Å². The molecule has 0 bridgehead atoms. The van der Waals surface area contributed by atoms with E-state index in [9.17, 15) is 0 Å². The Kier molecular flexibility index (Phi) is 8.99. The van der Waals surface area contributed by atoms with Gasteiger partial charge in [0.25, 0.3) is 0 Å². The van der Waals surface area contributed by atoms with Gasteiger partial charge in [-0.15, -0.1) is 0 Å². The van der Waals surface area contributed by atoms with E-state index in [0.29, 0.717) is 25.2 Å². The van der Waals surface area contributed by atoms with Crippen molar-refractivity contribution in [1.29, 1.82) is 0 Å². The Morgan fingerprint density at radius 2 is 2.00 bits per heavy atom. The molecule has 25 heavy (non-hydrogen) atoms. The molecule has 0 radical (unpaired) electrons. The highest BCUT2D eigenvalue weighted by Gasteiger charge is 2.26. The Morgan fingerprint density at radius 3 is 2.72 bits per heavy atom. The molecule has 0 aromatic rings. The Balaban J connectivity index is 1.70. The van der Waals surface area contributed by atoms with Crippen LogP contribution in [0.15, 0.2) is 4.99 Å². The molecule has 0 spiro atoms. The summed E-state index contributed by atoms with van der Waals surface area (Å²) in [4.78, 5) is 9.49. The minimum atomic E-state index is 0.599. The van der Waals surface area contributed by atoms with Crippen molar-refractivity contribution in [1.82, 2.24) is 15.1 Å². The summed E-state index contributed by atoms with van der Waals surface area (Å²) in [5.74, 6) is 2.38. The molecule has 2 heterocycles. The van der Waals surface area contributed by atoms with E-state index in [1.54, 1.807) is 7.11 Å². The molecule has 2 aliphatic heterocycles.